The first-order valence-electron chi connectivity index (χ1n) is 4.69. The third kappa shape index (κ3) is 2.56. The predicted molar refractivity (Wildman–Crippen MR) is 62.6 cm³/mol. The zero-order chi connectivity index (χ0) is 11.6. The largest absolute Gasteiger partial charge is 0.490 e. The van der Waals surface area contributed by atoms with Crippen LogP contribution < -0.4 is 9.92 Å². The number of nitro groups is 1. The summed E-state index contributed by atoms with van der Waals surface area (Å²) in [7, 11) is -0.0653. The van der Waals surface area contributed by atoms with Gasteiger partial charge in [0.25, 0.3) is 0 Å². The number of nitrogens with zero attached hydrogens (tertiary/aromatic N) is 1. The summed E-state index contributed by atoms with van der Waals surface area (Å²) >= 11 is 0. The Labute approximate surface area is 90.0 Å². The van der Waals surface area contributed by atoms with Crippen molar-refractivity contribution in [1.29, 1.82) is 0 Å². The van der Waals surface area contributed by atoms with Gasteiger partial charge in [0.2, 0.25) is 0 Å². The smallest absolute Gasteiger partial charge is 0.310 e. The molecule has 82 valence electrons. The first-order chi connectivity index (χ1) is 6.86. The maximum atomic E-state index is 10.8. The zero-order valence-corrected chi connectivity index (χ0v) is 10.4. The maximum absolute atomic E-state index is 10.8. The lowest BCUT2D eigenvalue weighted by Gasteiger charge is -2.16. The summed E-state index contributed by atoms with van der Waals surface area (Å²) in [5.41, 5.74) is 0.0532. The maximum Gasteiger partial charge on any atom is 0.310 e. The minimum atomic E-state index is -1.51. The highest BCUT2D eigenvalue weighted by Crippen LogP contribution is 2.25. The monoisotopic (exact) mass is 225 g/mol. The molecule has 4 nitrogen and oxygen atoms in total. The number of methoxy groups -OCH3 is 1. The summed E-state index contributed by atoms with van der Waals surface area (Å²) in [4.78, 5) is 10.4. The van der Waals surface area contributed by atoms with Crippen molar-refractivity contribution in [3.05, 3.63) is 28.3 Å². The summed E-state index contributed by atoms with van der Waals surface area (Å²) < 4.78 is 4.95. The normalized spacial score (nSPS) is 11.2. The Kier molecular flexibility index (Phi) is 3.14. The third-order valence-electron chi connectivity index (χ3n) is 2.24. The molecule has 0 fully saturated rings. The van der Waals surface area contributed by atoms with Crippen LogP contribution in [0.15, 0.2) is 18.2 Å². The molecule has 1 aromatic carbocycles. The molecule has 0 radical (unpaired) electrons. The van der Waals surface area contributed by atoms with Crippen LogP contribution in [-0.2, 0) is 0 Å². The number of ether oxygens (including phenoxy) is 1. The number of hydrogen-bond donors (Lipinski definition) is 0. The molecule has 15 heavy (non-hydrogen) atoms. The molecule has 0 heterocycles. The molecule has 0 aromatic heterocycles. The van der Waals surface area contributed by atoms with Crippen molar-refractivity contribution < 1.29 is 9.66 Å². The van der Waals surface area contributed by atoms with Crippen molar-refractivity contribution in [2.24, 2.45) is 0 Å². The van der Waals surface area contributed by atoms with Crippen LogP contribution in [0, 0.1) is 10.1 Å². The van der Waals surface area contributed by atoms with Crippen LogP contribution >= 0.6 is 0 Å². The van der Waals surface area contributed by atoms with Crippen LogP contribution in [0.3, 0.4) is 0 Å². The molecule has 0 bridgehead atoms. The van der Waals surface area contributed by atoms with Crippen molar-refractivity contribution in [3.63, 3.8) is 0 Å². The Balaban J connectivity index is 3.28. The van der Waals surface area contributed by atoms with Gasteiger partial charge in [-0.25, -0.2) is 0 Å². The second-order valence-corrected chi connectivity index (χ2v) is 9.47. The van der Waals surface area contributed by atoms with E-state index < -0.39 is 13.0 Å². The van der Waals surface area contributed by atoms with Gasteiger partial charge >= 0.3 is 5.69 Å². The molecule has 0 spiro atoms. The highest BCUT2D eigenvalue weighted by atomic mass is 28.3. The number of nitro benzene ring substituents is 1. The second kappa shape index (κ2) is 4.02. The van der Waals surface area contributed by atoms with Gasteiger partial charge in [-0.05, 0) is 6.07 Å². The quantitative estimate of drug-likeness (QED) is 0.450. The molecule has 1 aromatic rings. The lowest BCUT2D eigenvalue weighted by molar-refractivity contribution is -0.385. The Morgan fingerprint density at radius 2 is 1.93 bits per heavy atom. The van der Waals surface area contributed by atoms with Crippen LogP contribution in [0.5, 0.6) is 5.75 Å². The van der Waals surface area contributed by atoms with Crippen molar-refractivity contribution in [1.82, 2.24) is 0 Å². The third-order valence-corrected chi connectivity index (χ3v) is 4.28. The highest BCUT2D eigenvalue weighted by Gasteiger charge is 2.22. The summed E-state index contributed by atoms with van der Waals surface area (Å²) in [6, 6.07) is 5.22. The van der Waals surface area contributed by atoms with Gasteiger partial charge in [0.05, 0.1) is 20.1 Å². The number of benzene rings is 1. The standard InChI is InChI=1S/C10H15NO3Si/c1-14-10-6-5-8(15(2,3)4)7-9(10)11(12)13/h5-7H,1-4H3. The average molecular weight is 225 g/mol. The Morgan fingerprint density at radius 1 is 1.33 bits per heavy atom. The van der Waals surface area contributed by atoms with Crippen LogP contribution in [0.4, 0.5) is 5.69 Å². The number of rotatable bonds is 3. The molecular weight excluding hydrogens is 210 g/mol. The van der Waals surface area contributed by atoms with Gasteiger partial charge in [0.15, 0.2) is 5.75 Å². The summed E-state index contributed by atoms with van der Waals surface area (Å²) in [5.74, 6) is 0.321. The molecule has 0 atom stereocenters. The van der Waals surface area contributed by atoms with E-state index in [2.05, 4.69) is 19.6 Å². The molecule has 0 aliphatic rings. The van der Waals surface area contributed by atoms with Gasteiger partial charge in [0, 0.05) is 6.07 Å². The summed E-state index contributed by atoms with van der Waals surface area (Å²) in [6.07, 6.45) is 0. The van der Waals surface area contributed by atoms with Crippen LogP contribution in [-0.4, -0.2) is 20.1 Å². The van der Waals surface area contributed by atoms with E-state index in [0.29, 0.717) is 5.75 Å². The van der Waals surface area contributed by atoms with Gasteiger partial charge < -0.3 is 4.74 Å². The fraction of sp³-hybridized carbons (Fsp3) is 0.400. The summed E-state index contributed by atoms with van der Waals surface area (Å²) in [5, 5.41) is 11.9. The lowest BCUT2D eigenvalue weighted by Crippen LogP contribution is -2.37. The van der Waals surface area contributed by atoms with E-state index in [9.17, 15) is 10.1 Å². The van der Waals surface area contributed by atoms with E-state index in [-0.39, 0.29) is 5.69 Å². The van der Waals surface area contributed by atoms with Crippen LogP contribution in [0.2, 0.25) is 19.6 Å². The van der Waals surface area contributed by atoms with E-state index in [1.165, 1.54) is 7.11 Å². The van der Waals surface area contributed by atoms with Gasteiger partial charge in [0.1, 0.15) is 0 Å². The second-order valence-electron chi connectivity index (χ2n) is 4.39. The number of hydrogen-bond acceptors (Lipinski definition) is 3. The SMILES string of the molecule is COc1ccc([Si](C)(C)C)cc1[N+](=O)[O-]. The fourth-order valence-corrected chi connectivity index (χ4v) is 2.45. The van der Waals surface area contributed by atoms with E-state index >= 15 is 0 Å². The molecule has 0 amide bonds. The molecule has 0 N–H and O–H groups in total. The van der Waals surface area contributed by atoms with E-state index in [1.54, 1.807) is 12.1 Å². The van der Waals surface area contributed by atoms with Crippen LogP contribution in [0.1, 0.15) is 0 Å². The van der Waals surface area contributed by atoms with Crippen molar-refractivity contribution >= 4 is 18.9 Å². The Morgan fingerprint density at radius 3 is 2.33 bits per heavy atom. The van der Waals surface area contributed by atoms with Gasteiger partial charge in [-0.15, -0.1) is 0 Å². The molecule has 0 unspecified atom stereocenters. The molecular formula is C10H15NO3Si. The predicted octanol–water partition coefficient (Wildman–Crippen LogP) is 2.15. The first-order valence-corrected chi connectivity index (χ1v) is 8.19. The van der Waals surface area contributed by atoms with E-state index in [4.69, 9.17) is 4.74 Å². The highest BCUT2D eigenvalue weighted by molar-refractivity contribution is 6.88. The fourth-order valence-electron chi connectivity index (χ4n) is 1.30. The summed E-state index contributed by atoms with van der Waals surface area (Å²) in [6.45, 7) is 6.45. The molecule has 0 saturated carbocycles. The van der Waals surface area contributed by atoms with Crippen molar-refractivity contribution in [3.8, 4) is 5.75 Å². The average Bonchev–Trinajstić information content (AvgIpc) is 2.15. The minimum Gasteiger partial charge on any atom is -0.490 e. The topological polar surface area (TPSA) is 52.4 Å². The zero-order valence-electron chi connectivity index (χ0n) is 9.40. The molecule has 0 aliphatic carbocycles. The van der Waals surface area contributed by atoms with Gasteiger partial charge in [-0.2, -0.15) is 0 Å². The van der Waals surface area contributed by atoms with Gasteiger partial charge in [-0.1, -0.05) is 30.9 Å². The lowest BCUT2D eigenvalue weighted by atomic mass is 10.3. The van der Waals surface area contributed by atoms with E-state index in [0.717, 1.165) is 5.19 Å². The van der Waals surface area contributed by atoms with Gasteiger partial charge in [-0.3, -0.25) is 10.1 Å². The molecule has 1 rings (SSSR count). The Bertz CT molecular complexity index is 385. The van der Waals surface area contributed by atoms with E-state index in [1.807, 2.05) is 6.07 Å². The minimum absolute atomic E-state index is 0.0532. The first kappa shape index (κ1) is 11.7. The molecule has 0 saturated heterocycles. The Hall–Kier alpha value is -1.36. The van der Waals surface area contributed by atoms with Crippen LogP contribution in [0.25, 0.3) is 0 Å². The van der Waals surface area contributed by atoms with Crippen molar-refractivity contribution in [2.75, 3.05) is 7.11 Å². The molecule has 5 heteroatoms. The molecule has 0 aliphatic heterocycles. The van der Waals surface area contributed by atoms with Crippen molar-refractivity contribution in [2.45, 2.75) is 19.6 Å².